The fraction of sp³-hybridized carbons (Fsp3) is 0.214. The van der Waals surface area contributed by atoms with E-state index in [0.29, 0.717) is 0 Å². The third-order valence-electron chi connectivity index (χ3n) is 2.68. The third kappa shape index (κ3) is 2.12. The smallest absolute Gasteiger partial charge is 0.0704 e. The second kappa shape index (κ2) is 4.45. The average molecular weight is 213 g/mol. The second-order valence-corrected chi connectivity index (χ2v) is 4.03. The zero-order chi connectivity index (χ0) is 11.5. The van der Waals surface area contributed by atoms with E-state index in [4.69, 9.17) is 5.11 Å². The molecule has 0 bridgehead atoms. The molecule has 2 nitrogen and oxygen atoms in total. The topological polar surface area (TPSA) is 33.1 Å². The van der Waals surface area contributed by atoms with Gasteiger partial charge >= 0.3 is 0 Å². The van der Waals surface area contributed by atoms with Crippen molar-refractivity contribution in [2.24, 2.45) is 0 Å². The highest BCUT2D eigenvalue weighted by Gasteiger charge is 2.03. The van der Waals surface area contributed by atoms with Gasteiger partial charge in [-0.15, -0.1) is 0 Å². The van der Waals surface area contributed by atoms with Crippen molar-refractivity contribution in [1.82, 2.24) is 4.98 Å². The lowest BCUT2D eigenvalue weighted by atomic mass is 10.0. The SMILES string of the molecule is Cc1ccc(C)c(-c2ccc(CO)cn2)c1. The molecule has 0 amide bonds. The lowest BCUT2D eigenvalue weighted by molar-refractivity contribution is 0.281. The van der Waals surface area contributed by atoms with Crippen molar-refractivity contribution in [1.29, 1.82) is 0 Å². The Balaban J connectivity index is 2.45. The van der Waals surface area contributed by atoms with Gasteiger partial charge in [-0.1, -0.05) is 23.8 Å². The Hall–Kier alpha value is -1.67. The van der Waals surface area contributed by atoms with Crippen LogP contribution in [0.4, 0.5) is 0 Å². The Kier molecular flexibility index (Phi) is 3.02. The summed E-state index contributed by atoms with van der Waals surface area (Å²) in [6, 6.07) is 10.2. The van der Waals surface area contributed by atoms with Gasteiger partial charge in [0, 0.05) is 11.8 Å². The van der Waals surface area contributed by atoms with E-state index >= 15 is 0 Å². The molecule has 0 aliphatic carbocycles. The first-order valence-corrected chi connectivity index (χ1v) is 5.34. The fourth-order valence-corrected chi connectivity index (χ4v) is 1.69. The molecule has 0 aliphatic heterocycles. The highest BCUT2D eigenvalue weighted by atomic mass is 16.3. The molecule has 0 fully saturated rings. The Morgan fingerprint density at radius 2 is 1.94 bits per heavy atom. The van der Waals surface area contributed by atoms with Crippen LogP contribution in [0.5, 0.6) is 0 Å². The van der Waals surface area contributed by atoms with Crippen LogP contribution in [0, 0.1) is 13.8 Å². The molecule has 2 rings (SSSR count). The van der Waals surface area contributed by atoms with E-state index in [1.807, 2.05) is 12.1 Å². The van der Waals surface area contributed by atoms with Crippen LogP contribution in [0.3, 0.4) is 0 Å². The van der Waals surface area contributed by atoms with E-state index in [2.05, 4.69) is 37.0 Å². The summed E-state index contributed by atoms with van der Waals surface area (Å²) in [7, 11) is 0. The third-order valence-corrected chi connectivity index (χ3v) is 2.68. The average Bonchev–Trinajstić information content (AvgIpc) is 2.32. The first-order valence-electron chi connectivity index (χ1n) is 5.34. The number of hydrogen-bond donors (Lipinski definition) is 1. The van der Waals surface area contributed by atoms with Gasteiger partial charge in [0.1, 0.15) is 0 Å². The molecule has 1 aromatic heterocycles. The summed E-state index contributed by atoms with van der Waals surface area (Å²) in [5.41, 5.74) is 5.40. The molecule has 0 atom stereocenters. The number of aryl methyl sites for hydroxylation is 2. The summed E-state index contributed by atoms with van der Waals surface area (Å²) in [5.74, 6) is 0. The molecule has 16 heavy (non-hydrogen) atoms. The number of pyridine rings is 1. The van der Waals surface area contributed by atoms with Crippen LogP contribution in [-0.2, 0) is 6.61 Å². The molecular formula is C14H15NO. The van der Waals surface area contributed by atoms with E-state index in [1.54, 1.807) is 6.20 Å². The van der Waals surface area contributed by atoms with Crippen molar-refractivity contribution in [2.45, 2.75) is 20.5 Å². The van der Waals surface area contributed by atoms with Crippen molar-refractivity contribution < 1.29 is 5.11 Å². The number of rotatable bonds is 2. The normalized spacial score (nSPS) is 10.4. The van der Waals surface area contributed by atoms with Crippen LogP contribution in [0.15, 0.2) is 36.5 Å². The van der Waals surface area contributed by atoms with Crippen molar-refractivity contribution in [3.8, 4) is 11.3 Å². The van der Waals surface area contributed by atoms with Crippen molar-refractivity contribution in [3.05, 3.63) is 53.2 Å². The largest absolute Gasteiger partial charge is 0.392 e. The van der Waals surface area contributed by atoms with Gasteiger partial charge in [0.25, 0.3) is 0 Å². The van der Waals surface area contributed by atoms with Crippen molar-refractivity contribution in [3.63, 3.8) is 0 Å². The molecular weight excluding hydrogens is 198 g/mol. The van der Waals surface area contributed by atoms with Gasteiger partial charge in [-0.2, -0.15) is 0 Å². The van der Waals surface area contributed by atoms with Gasteiger partial charge in [0.05, 0.1) is 12.3 Å². The van der Waals surface area contributed by atoms with Gasteiger partial charge in [-0.25, -0.2) is 0 Å². The number of aliphatic hydroxyl groups is 1. The van der Waals surface area contributed by atoms with Crippen LogP contribution in [0.25, 0.3) is 11.3 Å². The summed E-state index contributed by atoms with van der Waals surface area (Å²) in [4.78, 5) is 4.36. The second-order valence-electron chi connectivity index (χ2n) is 4.03. The molecule has 1 N–H and O–H groups in total. The summed E-state index contributed by atoms with van der Waals surface area (Å²) in [6.45, 7) is 4.20. The maximum absolute atomic E-state index is 8.96. The minimum absolute atomic E-state index is 0.0417. The summed E-state index contributed by atoms with van der Waals surface area (Å²) in [5, 5.41) is 8.96. The monoisotopic (exact) mass is 213 g/mol. The number of hydrogen-bond acceptors (Lipinski definition) is 2. The highest BCUT2D eigenvalue weighted by Crippen LogP contribution is 2.22. The molecule has 1 heterocycles. The fourth-order valence-electron chi connectivity index (χ4n) is 1.69. The van der Waals surface area contributed by atoms with Gasteiger partial charge < -0.3 is 5.11 Å². The Morgan fingerprint density at radius 3 is 2.56 bits per heavy atom. The van der Waals surface area contributed by atoms with Gasteiger partial charge in [-0.3, -0.25) is 4.98 Å². The predicted molar refractivity (Wildman–Crippen MR) is 65.1 cm³/mol. The number of aromatic nitrogens is 1. The Labute approximate surface area is 95.6 Å². The minimum atomic E-state index is 0.0417. The molecule has 2 heteroatoms. The number of aliphatic hydroxyl groups excluding tert-OH is 1. The van der Waals surface area contributed by atoms with Crippen LogP contribution in [0.2, 0.25) is 0 Å². The Morgan fingerprint density at radius 1 is 1.12 bits per heavy atom. The molecule has 0 unspecified atom stereocenters. The van der Waals surface area contributed by atoms with E-state index in [1.165, 1.54) is 11.1 Å². The lowest BCUT2D eigenvalue weighted by Gasteiger charge is -2.06. The van der Waals surface area contributed by atoms with Crippen LogP contribution >= 0.6 is 0 Å². The molecule has 1 aromatic carbocycles. The van der Waals surface area contributed by atoms with Gasteiger partial charge in [-0.05, 0) is 37.1 Å². The molecule has 0 aliphatic rings. The molecule has 0 radical (unpaired) electrons. The summed E-state index contributed by atoms with van der Waals surface area (Å²) >= 11 is 0. The van der Waals surface area contributed by atoms with E-state index < -0.39 is 0 Å². The van der Waals surface area contributed by atoms with E-state index in [9.17, 15) is 0 Å². The maximum atomic E-state index is 8.96. The van der Waals surface area contributed by atoms with Gasteiger partial charge in [0.15, 0.2) is 0 Å². The first-order chi connectivity index (χ1) is 7.70. The van der Waals surface area contributed by atoms with Crippen LogP contribution < -0.4 is 0 Å². The van der Waals surface area contributed by atoms with Gasteiger partial charge in [0.2, 0.25) is 0 Å². The quantitative estimate of drug-likeness (QED) is 0.832. The molecule has 0 spiro atoms. The molecule has 0 saturated heterocycles. The number of nitrogens with zero attached hydrogens (tertiary/aromatic N) is 1. The highest BCUT2D eigenvalue weighted by molar-refractivity contribution is 5.64. The molecule has 82 valence electrons. The zero-order valence-corrected chi connectivity index (χ0v) is 9.57. The molecule has 0 saturated carbocycles. The van der Waals surface area contributed by atoms with Crippen molar-refractivity contribution in [2.75, 3.05) is 0 Å². The first kappa shape index (κ1) is 10.8. The molecule has 2 aromatic rings. The van der Waals surface area contributed by atoms with Crippen molar-refractivity contribution >= 4 is 0 Å². The van der Waals surface area contributed by atoms with Crippen LogP contribution in [-0.4, -0.2) is 10.1 Å². The Bertz CT molecular complexity index is 489. The zero-order valence-electron chi connectivity index (χ0n) is 9.57. The summed E-state index contributed by atoms with van der Waals surface area (Å²) < 4.78 is 0. The predicted octanol–water partition coefficient (Wildman–Crippen LogP) is 2.86. The van der Waals surface area contributed by atoms with E-state index in [-0.39, 0.29) is 6.61 Å². The van der Waals surface area contributed by atoms with Crippen LogP contribution in [0.1, 0.15) is 16.7 Å². The summed E-state index contributed by atoms with van der Waals surface area (Å²) in [6.07, 6.45) is 1.72. The maximum Gasteiger partial charge on any atom is 0.0704 e. The number of benzene rings is 1. The standard InChI is InChI=1S/C14H15NO/c1-10-3-4-11(2)13(7-10)14-6-5-12(9-16)8-15-14/h3-8,16H,9H2,1-2H3. The minimum Gasteiger partial charge on any atom is -0.392 e. The van der Waals surface area contributed by atoms with E-state index in [0.717, 1.165) is 16.8 Å². The lowest BCUT2D eigenvalue weighted by Crippen LogP contribution is -1.90.